The van der Waals surface area contributed by atoms with Gasteiger partial charge in [0.2, 0.25) is 11.2 Å². The molecule has 0 aliphatic rings. The molecular formula is C15H19ClN4O. The minimum atomic E-state index is 0.135. The summed E-state index contributed by atoms with van der Waals surface area (Å²) in [5.41, 5.74) is 1.10. The Hall–Kier alpha value is -1.88. The molecule has 0 amide bonds. The Labute approximate surface area is 130 Å². The Kier molecular flexibility index (Phi) is 5.33. The largest absolute Gasteiger partial charge is 0.424 e. The van der Waals surface area contributed by atoms with Crippen molar-refractivity contribution in [1.29, 1.82) is 0 Å². The van der Waals surface area contributed by atoms with Gasteiger partial charge in [0, 0.05) is 13.1 Å². The first-order valence-corrected chi connectivity index (χ1v) is 7.48. The molecule has 112 valence electrons. The van der Waals surface area contributed by atoms with Crippen LogP contribution in [0.25, 0.3) is 0 Å². The van der Waals surface area contributed by atoms with Gasteiger partial charge in [0.25, 0.3) is 0 Å². The molecule has 0 atom stereocenters. The number of ether oxygens (including phenoxy) is 1. The van der Waals surface area contributed by atoms with Crippen LogP contribution in [0, 0.1) is 0 Å². The van der Waals surface area contributed by atoms with Crippen LogP contribution in [0.2, 0.25) is 5.28 Å². The van der Waals surface area contributed by atoms with Gasteiger partial charge in [0.15, 0.2) is 0 Å². The number of aromatic nitrogens is 3. The van der Waals surface area contributed by atoms with Crippen LogP contribution in [0.15, 0.2) is 24.3 Å². The lowest BCUT2D eigenvalue weighted by Gasteiger charge is -2.18. The van der Waals surface area contributed by atoms with Crippen LogP contribution in [-0.4, -0.2) is 28.0 Å². The van der Waals surface area contributed by atoms with E-state index in [9.17, 15) is 0 Å². The maximum atomic E-state index is 5.98. The van der Waals surface area contributed by atoms with E-state index in [1.807, 2.05) is 43.0 Å². The van der Waals surface area contributed by atoms with E-state index < -0.39 is 0 Å². The number of nitrogens with zero attached hydrogens (tertiary/aromatic N) is 4. The second-order valence-corrected chi connectivity index (χ2v) is 4.76. The fraction of sp³-hybridized carbons (Fsp3) is 0.400. The summed E-state index contributed by atoms with van der Waals surface area (Å²) < 4.78 is 5.79. The number of benzene rings is 1. The van der Waals surface area contributed by atoms with Gasteiger partial charge in [-0.1, -0.05) is 25.1 Å². The first-order chi connectivity index (χ1) is 10.2. The Morgan fingerprint density at radius 2 is 1.76 bits per heavy atom. The van der Waals surface area contributed by atoms with Crippen molar-refractivity contribution in [2.24, 2.45) is 0 Å². The predicted molar refractivity (Wildman–Crippen MR) is 84.3 cm³/mol. The molecule has 0 radical (unpaired) electrons. The number of aryl methyl sites for hydroxylation is 1. The highest BCUT2D eigenvalue weighted by atomic mass is 35.5. The van der Waals surface area contributed by atoms with E-state index in [0.29, 0.717) is 5.95 Å². The molecule has 0 aliphatic heterocycles. The van der Waals surface area contributed by atoms with E-state index in [1.165, 1.54) is 0 Å². The lowest BCUT2D eigenvalue weighted by atomic mass is 10.1. The van der Waals surface area contributed by atoms with E-state index in [2.05, 4.69) is 21.9 Å². The molecule has 5 nitrogen and oxygen atoms in total. The summed E-state index contributed by atoms with van der Waals surface area (Å²) in [6, 6.07) is 8.03. The lowest BCUT2D eigenvalue weighted by Crippen LogP contribution is -2.24. The molecular weight excluding hydrogens is 288 g/mol. The molecule has 0 aliphatic carbocycles. The average Bonchev–Trinajstić information content (AvgIpc) is 2.48. The third kappa shape index (κ3) is 3.82. The van der Waals surface area contributed by atoms with Gasteiger partial charge in [-0.25, -0.2) is 0 Å². The maximum absolute atomic E-state index is 5.98. The van der Waals surface area contributed by atoms with E-state index in [0.717, 1.165) is 30.8 Å². The van der Waals surface area contributed by atoms with Crippen LogP contribution in [0.4, 0.5) is 5.95 Å². The molecule has 0 fully saturated rings. The summed E-state index contributed by atoms with van der Waals surface area (Å²) in [5.74, 6) is 1.27. The van der Waals surface area contributed by atoms with Crippen molar-refractivity contribution in [1.82, 2.24) is 15.0 Å². The van der Waals surface area contributed by atoms with Crippen LogP contribution >= 0.6 is 11.6 Å². The van der Waals surface area contributed by atoms with Crippen molar-refractivity contribution in [3.63, 3.8) is 0 Å². The van der Waals surface area contributed by atoms with Crippen molar-refractivity contribution in [2.75, 3.05) is 18.0 Å². The fourth-order valence-electron chi connectivity index (χ4n) is 2.01. The number of hydrogen-bond donors (Lipinski definition) is 0. The molecule has 2 aromatic rings. The summed E-state index contributed by atoms with van der Waals surface area (Å²) in [7, 11) is 0. The fourth-order valence-corrected chi connectivity index (χ4v) is 2.16. The number of para-hydroxylation sites is 1. The van der Waals surface area contributed by atoms with Gasteiger partial charge in [-0.05, 0) is 43.5 Å². The van der Waals surface area contributed by atoms with Crippen LogP contribution in [0.3, 0.4) is 0 Å². The maximum Gasteiger partial charge on any atom is 0.328 e. The number of halogens is 1. The SMILES string of the molecule is CCc1ccccc1Oc1nc(Cl)nc(N(CC)CC)n1. The first kappa shape index (κ1) is 15.5. The van der Waals surface area contributed by atoms with Crippen molar-refractivity contribution in [3.8, 4) is 11.8 Å². The van der Waals surface area contributed by atoms with Crippen LogP contribution in [0.5, 0.6) is 11.8 Å². The van der Waals surface area contributed by atoms with Crippen molar-refractivity contribution in [2.45, 2.75) is 27.2 Å². The average molecular weight is 307 g/mol. The van der Waals surface area contributed by atoms with Gasteiger partial charge in [-0.3, -0.25) is 0 Å². The van der Waals surface area contributed by atoms with Gasteiger partial charge in [0.05, 0.1) is 0 Å². The quantitative estimate of drug-likeness (QED) is 0.814. The minimum Gasteiger partial charge on any atom is -0.424 e. The molecule has 21 heavy (non-hydrogen) atoms. The van der Waals surface area contributed by atoms with Crippen molar-refractivity contribution in [3.05, 3.63) is 35.1 Å². The van der Waals surface area contributed by atoms with Gasteiger partial charge >= 0.3 is 6.01 Å². The van der Waals surface area contributed by atoms with Crippen LogP contribution in [0.1, 0.15) is 26.3 Å². The molecule has 0 saturated carbocycles. The molecule has 6 heteroatoms. The number of anilines is 1. The minimum absolute atomic E-state index is 0.135. The number of hydrogen-bond acceptors (Lipinski definition) is 5. The van der Waals surface area contributed by atoms with E-state index in [1.54, 1.807) is 0 Å². The molecule has 1 aromatic heterocycles. The second kappa shape index (κ2) is 7.22. The first-order valence-electron chi connectivity index (χ1n) is 7.10. The summed E-state index contributed by atoms with van der Waals surface area (Å²) >= 11 is 5.98. The van der Waals surface area contributed by atoms with Crippen LogP contribution < -0.4 is 9.64 Å². The third-order valence-corrected chi connectivity index (χ3v) is 3.35. The number of rotatable bonds is 6. The predicted octanol–water partition coefficient (Wildman–Crippen LogP) is 3.73. The summed E-state index contributed by atoms with van der Waals surface area (Å²) in [4.78, 5) is 14.5. The van der Waals surface area contributed by atoms with Crippen molar-refractivity contribution < 1.29 is 4.74 Å². The van der Waals surface area contributed by atoms with Crippen LogP contribution in [-0.2, 0) is 6.42 Å². The smallest absolute Gasteiger partial charge is 0.328 e. The van der Waals surface area contributed by atoms with Gasteiger partial charge < -0.3 is 9.64 Å². The summed E-state index contributed by atoms with van der Waals surface area (Å²) in [5, 5.41) is 0.135. The van der Waals surface area contributed by atoms with E-state index in [-0.39, 0.29) is 11.3 Å². The van der Waals surface area contributed by atoms with E-state index >= 15 is 0 Å². The molecule has 0 saturated heterocycles. The summed E-state index contributed by atoms with van der Waals surface area (Å²) in [6.07, 6.45) is 0.873. The Morgan fingerprint density at radius 1 is 1.05 bits per heavy atom. The molecule has 1 heterocycles. The third-order valence-electron chi connectivity index (χ3n) is 3.18. The zero-order chi connectivity index (χ0) is 15.2. The molecule has 0 spiro atoms. The molecule has 0 bridgehead atoms. The summed E-state index contributed by atoms with van der Waals surface area (Å²) in [6.45, 7) is 7.73. The zero-order valence-electron chi connectivity index (χ0n) is 12.5. The second-order valence-electron chi connectivity index (χ2n) is 4.42. The highest BCUT2D eigenvalue weighted by Gasteiger charge is 2.12. The topological polar surface area (TPSA) is 51.1 Å². The molecule has 1 aromatic carbocycles. The molecule has 0 N–H and O–H groups in total. The van der Waals surface area contributed by atoms with Gasteiger partial charge in [0.1, 0.15) is 5.75 Å². The monoisotopic (exact) mass is 306 g/mol. The molecule has 2 rings (SSSR count). The lowest BCUT2D eigenvalue weighted by molar-refractivity contribution is 0.434. The van der Waals surface area contributed by atoms with E-state index in [4.69, 9.17) is 16.3 Å². The standard InChI is InChI=1S/C15H19ClN4O/c1-4-11-9-7-8-10-12(11)21-15-18-13(16)17-14(19-15)20(5-2)6-3/h7-10H,4-6H2,1-3H3. The highest BCUT2D eigenvalue weighted by Crippen LogP contribution is 2.25. The highest BCUT2D eigenvalue weighted by molar-refractivity contribution is 6.28. The zero-order valence-corrected chi connectivity index (χ0v) is 13.3. The Bertz CT molecular complexity index is 602. The normalized spacial score (nSPS) is 10.5. The Morgan fingerprint density at radius 3 is 2.43 bits per heavy atom. The van der Waals surface area contributed by atoms with Gasteiger partial charge in [-0.2, -0.15) is 15.0 Å². The Balaban J connectivity index is 2.32. The van der Waals surface area contributed by atoms with Gasteiger partial charge in [-0.15, -0.1) is 0 Å². The van der Waals surface area contributed by atoms with Crippen molar-refractivity contribution >= 4 is 17.5 Å². The molecule has 0 unspecified atom stereocenters.